The predicted molar refractivity (Wildman–Crippen MR) is 108 cm³/mol. The molecule has 1 aliphatic heterocycles. The van der Waals surface area contributed by atoms with E-state index in [2.05, 4.69) is 0 Å². The Kier molecular flexibility index (Phi) is 8.29. The number of hydrogen-bond donors (Lipinski definition) is 2. The molecule has 0 amide bonds. The molecule has 2 aromatic carbocycles. The van der Waals surface area contributed by atoms with Crippen molar-refractivity contribution in [1.29, 1.82) is 0 Å². The Morgan fingerprint density at radius 3 is 2.31 bits per heavy atom. The fraction of sp³-hybridized carbons (Fsp3) is 0.286. The van der Waals surface area contributed by atoms with Crippen LogP contribution >= 0.6 is 11.6 Å². The molecule has 0 spiro atoms. The molecule has 1 aromatic heterocycles. The number of halogens is 5. The van der Waals surface area contributed by atoms with Crippen molar-refractivity contribution in [3.05, 3.63) is 63.0 Å². The van der Waals surface area contributed by atoms with Gasteiger partial charge in [0.05, 0.1) is 44.6 Å². The largest absolute Gasteiger partial charge is 0.507 e. The number of phenolic OH excluding ortho intramolecular Hbond substituents is 1. The topological polar surface area (TPSA) is 152 Å². The first-order valence-electron chi connectivity index (χ1n) is 9.84. The Hall–Kier alpha value is -2.42. The molecule has 1 fully saturated rings. The zero-order chi connectivity index (χ0) is 26.0. The standard InChI is InChI=1S/C21H17ClF3NO4.ClHO4/c22-13-3-1-2-12(10-13)17-18(28)14-4-5-16(27)15(11-26-6-8-29-9-7-26)19(14)30-20(17)21(23,24)25;2-1(3,4)5/h1-5,10,27H,6-9,11H2;(H,2,3,4,5). The van der Waals surface area contributed by atoms with Gasteiger partial charge in [0.1, 0.15) is 11.3 Å². The SMILES string of the molecule is O=c1c(-c2cccc(Cl)c2)c(C(F)(F)F)oc2c(CN3CCOCC3)c(O)ccc12.[O-][Cl+3]([O-])([O-])O. The Morgan fingerprint density at radius 1 is 1.11 bits per heavy atom. The van der Waals surface area contributed by atoms with Gasteiger partial charge in [-0.2, -0.15) is 27.1 Å². The smallest absolute Gasteiger partial charge is 0.450 e. The van der Waals surface area contributed by atoms with E-state index in [1.807, 2.05) is 4.90 Å². The second-order valence-corrected chi connectivity index (χ2v) is 8.60. The van der Waals surface area contributed by atoms with Crippen molar-refractivity contribution in [2.45, 2.75) is 12.7 Å². The van der Waals surface area contributed by atoms with Crippen LogP contribution in [-0.2, 0) is 17.5 Å². The number of alkyl halides is 3. The average Bonchev–Trinajstić information content (AvgIpc) is 2.74. The number of hydrogen-bond acceptors (Lipinski definition) is 9. The maximum absolute atomic E-state index is 13.9. The lowest BCUT2D eigenvalue weighted by Gasteiger charge is -2.27. The Morgan fingerprint density at radius 2 is 1.74 bits per heavy atom. The number of nitrogens with zero attached hydrogens (tertiary/aromatic N) is 1. The van der Waals surface area contributed by atoms with Gasteiger partial charge < -0.3 is 14.3 Å². The molecular formula is C21H18Cl2F3NO8. The second kappa shape index (κ2) is 10.7. The van der Waals surface area contributed by atoms with E-state index in [1.165, 1.54) is 36.4 Å². The zero-order valence-corrected chi connectivity index (χ0v) is 19.2. The third-order valence-electron chi connectivity index (χ3n) is 4.99. The van der Waals surface area contributed by atoms with Crippen LogP contribution in [0.3, 0.4) is 0 Å². The second-order valence-electron chi connectivity index (χ2n) is 7.37. The van der Waals surface area contributed by atoms with E-state index in [-0.39, 0.29) is 39.4 Å². The van der Waals surface area contributed by atoms with E-state index in [4.69, 9.17) is 39.4 Å². The molecule has 35 heavy (non-hydrogen) atoms. The zero-order valence-electron chi connectivity index (χ0n) is 17.7. The Balaban J connectivity index is 0.000000623. The van der Waals surface area contributed by atoms with E-state index in [1.54, 1.807) is 0 Å². The number of benzene rings is 2. The summed E-state index contributed by atoms with van der Waals surface area (Å²) in [7, 11) is -4.69. The van der Waals surface area contributed by atoms with Crippen LogP contribution in [0.2, 0.25) is 5.02 Å². The third kappa shape index (κ3) is 7.06. The quantitative estimate of drug-likeness (QED) is 0.485. The highest BCUT2D eigenvalue weighted by Crippen LogP contribution is 2.39. The van der Waals surface area contributed by atoms with Crippen molar-refractivity contribution >= 4 is 22.6 Å². The highest BCUT2D eigenvalue weighted by molar-refractivity contribution is 6.30. The molecule has 0 atom stereocenters. The van der Waals surface area contributed by atoms with E-state index >= 15 is 0 Å². The van der Waals surface area contributed by atoms with Crippen LogP contribution in [-0.4, -0.2) is 41.0 Å². The summed E-state index contributed by atoms with van der Waals surface area (Å²) in [5.74, 6) is -1.66. The van der Waals surface area contributed by atoms with Gasteiger partial charge in [0.25, 0.3) is 0 Å². The van der Waals surface area contributed by atoms with Gasteiger partial charge in [-0.3, -0.25) is 9.69 Å². The van der Waals surface area contributed by atoms with E-state index in [0.29, 0.717) is 26.3 Å². The van der Waals surface area contributed by atoms with Crippen LogP contribution in [0.15, 0.2) is 45.6 Å². The molecule has 9 nitrogen and oxygen atoms in total. The van der Waals surface area contributed by atoms with Crippen molar-refractivity contribution in [2.75, 3.05) is 26.3 Å². The predicted octanol–water partition coefficient (Wildman–Crippen LogP) is 0.546. The van der Waals surface area contributed by atoms with Crippen molar-refractivity contribution in [3.63, 3.8) is 0 Å². The molecule has 3 aromatic rings. The fourth-order valence-corrected chi connectivity index (χ4v) is 3.74. The number of morpholine rings is 1. The summed E-state index contributed by atoms with van der Waals surface area (Å²) in [5.41, 5.74) is -1.58. The van der Waals surface area contributed by atoms with Gasteiger partial charge >= 0.3 is 6.18 Å². The maximum Gasteiger partial charge on any atom is 0.450 e. The number of fused-ring (bicyclic) bond motifs is 1. The van der Waals surface area contributed by atoms with Crippen molar-refractivity contribution in [3.8, 4) is 16.9 Å². The molecule has 2 N–H and O–H groups in total. The van der Waals surface area contributed by atoms with Gasteiger partial charge in [-0.1, -0.05) is 23.7 Å². The summed E-state index contributed by atoms with van der Waals surface area (Å²) < 4.78 is 84.9. The third-order valence-corrected chi connectivity index (χ3v) is 5.23. The van der Waals surface area contributed by atoms with Crippen LogP contribution in [0.4, 0.5) is 13.2 Å². The first kappa shape index (κ1) is 27.2. The van der Waals surface area contributed by atoms with Crippen LogP contribution in [0.25, 0.3) is 22.1 Å². The minimum absolute atomic E-state index is 0.00767. The summed E-state index contributed by atoms with van der Waals surface area (Å²) in [6.45, 7) is 2.17. The van der Waals surface area contributed by atoms with E-state index < -0.39 is 33.2 Å². The molecule has 1 aliphatic rings. The lowest BCUT2D eigenvalue weighted by Crippen LogP contribution is -2.58. The van der Waals surface area contributed by atoms with Crippen LogP contribution < -0.4 is 19.4 Å². The molecule has 4 rings (SSSR count). The van der Waals surface area contributed by atoms with Crippen molar-refractivity contribution in [1.82, 2.24) is 4.90 Å². The highest BCUT2D eigenvalue weighted by atomic mass is 35.7. The molecule has 0 bridgehead atoms. The molecular weight excluding hydrogens is 522 g/mol. The normalized spacial score (nSPS) is 15.1. The number of ether oxygens (including phenoxy) is 1. The lowest BCUT2D eigenvalue weighted by molar-refractivity contribution is -1.92. The summed E-state index contributed by atoms with van der Waals surface area (Å²) in [6.07, 6.45) is -4.92. The molecule has 190 valence electrons. The Bertz CT molecular complexity index is 1250. The highest BCUT2D eigenvalue weighted by Gasteiger charge is 2.40. The van der Waals surface area contributed by atoms with Gasteiger partial charge in [-0.25, -0.2) is 0 Å². The monoisotopic (exact) mass is 539 g/mol. The average molecular weight is 540 g/mol. The number of aromatic hydroxyl groups is 1. The first-order chi connectivity index (χ1) is 16.3. The molecule has 0 radical (unpaired) electrons. The van der Waals surface area contributed by atoms with Gasteiger partial charge in [-0.15, -0.1) is 0 Å². The lowest BCUT2D eigenvalue weighted by atomic mass is 10.00. The number of rotatable bonds is 3. The van der Waals surface area contributed by atoms with Gasteiger partial charge in [0, 0.05) is 24.7 Å². The van der Waals surface area contributed by atoms with Gasteiger partial charge in [0.15, 0.2) is 0 Å². The van der Waals surface area contributed by atoms with Crippen LogP contribution in [0.5, 0.6) is 5.75 Å². The maximum atomic E-state index is 13.9. The summed E-state index contributed by atoms with van der Waals surface area (Å²) in [4.78, 5) is 15.1. The Labute approximate surface area is 202 Å². The molecule has 0 saturated carbocycles. The molecule has 0 aliphatic carbocycles. The number of phenols is 1. The summed E-state index contributed by atoms with van der Waals surface area (Å²) in [6, 6.07) is 8.18. The fourth-order valence-electron chi connectivity index (χ4n) is 3.55. The van der Waals surface area contributed by atoms with E-state index in [0.717, 1.165) is 0 Å². The molecule has 0 unspecified atom stereocenters. The van der Waals surface area contributed by atoms with Crippen molar-refractivity contribution in [2.24, 2.45) is 0 Å². The van der Waals surface area contributed by atoms with Gasteiger partial charge in [0.2, 0.25) is 11.2 Å². The van der Waals surface area contributed by atoms with Gasteiger partial charge in [-0.05, 0) is 29.8 Å². The molecule has 14 heteroatoms. The van der Waals surface area contributed by atoms with Crippen LogP contribution in [0, 0.1) is 10.2 Å². The van der Waals surface area contributed by atoms with E-state index in [9.17, 15) is 23.1 Å². The summed E-state index contributed by atoms with van der Waals surface area (Å²) in [5, 5.41) is 10.5. The minimum atomic E-state index is -4.92. The minimum Gasteiger partial charge on any atom is -0.507 e. The molecule has 2 heterocycles. The van der Waals surface area contributed by atoms with Crippen molar-refractivity contribution < 1.29 is 56.3 Å². The van der Waals surface area contributed by atoms with Crippen LogP contribution in [0.1, 0.15) is 11.3 Å². The molecule has 1 saturated heterocycles. The first-order valence-corrected chi connectivity index (χ1v) is 11.5. The summed E-state index contributed by atoms with van der Waals surface area (Å²) >= 11 is 5.92.